The summed E-state index contributed by atoms with van der Waals surface area (Å²) in [5, 5.41) is 2.92. The average Bonchev–Trinajstić information content (AvgIpc) is 3.35. The third kappa shape index (κ3) is 4.20. The van der Waals surface area contributed by atoms with Gasteiger partial charge in [-0.15, -0.1) is 11.6 Å². The van der Waals surface area contributed by atoms with Crippen molar-refractivity contribution in [1.82, 2.24) is 5.32 Å². The summed E-state index contributed by atoms with van der Waals surface area (Å²) in [6.45, 7) is 11.6. The van der Waals surface area contributed by atoms with Gasteiger partial charge in [0, 0.05) is 18.1 Å². The van der Waals surface area contributed by atoms with Crippen molar-refractivity contribution in [2.45, 2.75) is 101 Å². The van der Waals surface area contributed by atoms with Gasteiger partial charge in [0.2, 0.25) is 5.91 Å². The highest BCUT2D eigenvalue weighted by atomic mass is 35.5. The number of esters is 1. The van der Waals surface area contributed by atoms with E-state index in [0.717, 1.165) is 25.7 Å². The van der Waals surface area contributed by atoms with Crippen molar-refractivity contribution < 1.29 is 23.8 Å². The summed E-state index contributed by atoms with van der Waals surface area (Å²) < 4.78 is 18.1. The molecule has 31 heavy (non-hydrogen) atoms. The summed E-state index contributed by atoms with van der Waals surface area (Å²) in [4.78, 5) is 25.7. The summed E-state index contributed by atoms with van der Waals surface area (Å²) in [5.74, 6) is -0.741. The van der Waals surface area contributed by atoms with Crippen LogP contribution in [-0.2, 0) is 23.8 Å². The number of rotatable bonds is 5. The summed E-state index contributed by atoms with van der Waals surface area (Å²) in [7, 11) is -1.55. The zero-order valence-corrected chi connectivity index (χ0v) is 21.3. The van der Waals surface area contributed by atoms with E-state index in [0.29, 0.717) is 19.1 Å². The number of ether oxygens (including phenoxy) is 3. The number of fused-ring (bicyclic) bond motifs is 4. The molecule has 176 valence electrons. The second-order valence-corrected chi connectivity index (χ2v) is 17.9. The molecule has 2 saturated carbocycles. The maximum Gasteiger partial charge on any atom is 0.312 e. The summed E-state index contributed by atoms with van der Waals surface area (Å²) in [6.07, 6.45) is 5.42. The molecule has 0 radical (unpaired) electrons. The lowest BCUT2D eigenvalue weighted by atomic mass is 9.72. The Morgan fingerprint density at radius 3 is 2.58 bits per heavy atom. The SMILES string of the molecule is CC(C)(C)[Si](C)(C)COCNC(=O)C1CC(Cl)C2OC3C(C(=O)OC34CCCC4)C2C1. The van der Waals surface area contributed by atoms with Crippen LogP contribution in [0.5, 0.6) is 0 Å². The first kappa shape index (κ1) is 23.5. The van der Waals surface area contributed by atoms with Crippen molar-refractivity contribution in [3.8, 4) is 0 Å². The van der Waals surface area contributed by atoms with E-state index in [-0.39, 0.29) is 59.0 Å². The number of halogens is 1. The molecule has 1 amide bonds. The average molecular weight is 472 g/mol. The predicted octanol–water partition coefficient (Wildman–Crippen LogP) is 4.01. The maximum atomic E-state index is 12.9. The molecule has 0 bridgehead atoms. The van der Waals surface area contributed by atoms with E-state index in [4.69, 9.17) is 25.8 Å². The molecule has 0 aromatic heterocycles. The fraction of sp³-hybridized carbons (Fsp3) is 0.913. The van der Waals surface area contributed by atoms with Gasteiger partial charge < -0.3 is 19.5 Å². The molecule has 2 aliphatic carbocycles. The molecule has 6 nitrogen and oxygen atoms in total. The van der Waals surface area contributed by atoms with Crippen LogP contribution in [-0.4, -0.2) is 56.1 Å². The number of nitrogens with one attached hydrogen (secondary N) is 1. The first-order valence-corrected chi connectivity index (χ1v) is 15.5. The van der Waals surface area contributed by atoms with Gasteiger partial charge in [-0.1, -0.05) is 33.9 Å². The summed E-state index contributed by atoms with van der Waals surface area (Å²) in [5.41, 5.74) is -0.453. The minimum atomic E-state index is -1.55. The van der Waals surface area contributed by atoms with Gasteiger partial charge in [-0.3, -0.25) is 9.59 Å². The third-order valence-electron chi connectivity index (χ3n) is 8.69. The smallest absolute Gasteiger partial charge is 0.312 e. The van der Waals surface area contributed by atoms with Crippen molar-refractivity contribution in [3.05, 3.63) is 0 Å². The molecule has 6 unspecified atom stereocenters. The highest BCUT2D eigenvalue weighted by Gasteiger charge is 2.66. The maximum absolute atomic E-state index is 12.9. The molecule has 0 aromatic carbocycles. The van der Waals surface area contributed by atoms with Crippen LogP contribution >= 0.6 is 11.6 Å². The van der Waals surface area contributed by atoms with Crippen LogP contribution in [0.1, 0.15) is 59.3 Å². The zero-order chi connectivity index (χ0) is 22.6. The number of alkyl halides is 1. The number of hydrogen-bond donors (Lipinski definition) is 1. The van der Waals surface area contributed by atoms with Crippen LogP contribution in [0.25, 0.3) is 0 Å². The van der Waals surface area contributed by atoms with Gasteiger partial charge in [0.15, 0.2) is 0 Å². The van der Waals surface area contributed by atoms with Gasteiger partial charge in [-0.25, -0.2) is 0 Å². The number of carbonyl (C=O) groups is 2. The molecule has 1 N–H and O–H groups in total. The van der Waals surface area contributed by atoms with Crippen LogP contribution in [0.2, 0.25) is 18.1 Å². The fourth-order valence-electron chi connectivity index (χ4n) is 5.69. The lowest BCUT2D eigenvalue weighted by Crippen LogP contribution is -2.46. The Bertz CT molecular complexity index is 717. The molecule has 1 spiro atoms. The molecule has 4 aliphatic rings. The Kier molecular flexibility index (Phi) is 6.30. The van der Waals surface area contributed by atoms with Gasteiger partial charge in [0.05, 0.1) is 25.5 Å². The van der Waals surface area contributed by atoms with E-state index in [1.807, 2.05) is 0 Å². The second-order valence-electron chi connectivity index (χ2n) is 11.8. The van der Waals surface area contributed by atoms with E-state index in [1.54, 1.807) is 0 Å². The van der Waals surface area contributed by atoms with Gasteiger partial charge in [-0.05, 0) is 43.6 Å². The van der Waals surface area contributed by atoms with Gasteiger partial charge in [0.25, 0.3) is 0 Å². The van der Waals surface area contributed by atoms with E-state index in [2.05, 4.69) is 39.2 Å². The fourth-order valence-corrected chi connectivity index (χ4v) is 7.19. The lowest BCUT2D eigenvalue weighted by Gasteiger charge is -2.37. The molecule has 2 heterocycles. The number of carbonyl (C=O) groups excluding carboxylic acids is 2. The van der Waals surface area contributed by atoms with Crippen molar-refractivity contribution >= 4 is 31.6 Å². The minimum Gasteiger partial charge on any atom is -0.456 e. The highest BCUT2D eigenvalue weighted by molar-refractivity contribution is 6.80. The summed E-state index contributed by atoms with van der Waals surface area (Å²) >= 11 is 6.70. The van der Waals surface area contributed by atoms with Crippen molar-refractivity contribution in [1.29, 1.82) is 0 Å². The Hall–Kier alpha value is -0.633. The monoisotopic (exact) mass is 471 g/mol. The van der Waals surface area contributed by atoms with E-state index in [9.17, 15) is 9.59 Å². The topological polar surface area (TPSA) is 73.9 Å². The molecular formula is C23H38ClNO5Si. The molecule has 4 rings (SSSR count). The highest BCUT2D eigenvalue weighted by Crippen LogP contribution is 2.56. The lowest BCUT2D eigenvalue weighted by molar-refractivity contribution is -0.159. The van der Waals surface area contributed by atoms with E-state index >= 15 is 0 Å². The number of amides is 1. The molecule has 2 aliphatic heterocycles. The molecule has 6 atom stereocenters. The van der Waals surface area contributed by atoms with Gasteiger partial charge in [0.1, 0.15) is 18.4 Å². The van der Waals surface area contributed by atoms with Gasteiger partial charge in [-0.2, -0.15) is 0 Å². The van der Waals surface area contributed by atoms with Crippen LogP contribution < -0.4 is 5.32 Å². The quantitative estimate of drug-likeness (QED) is 0.215. The van der Waals surface area contributed by atoms with Crippen molar-refractivity contribution in [3.63, 3.8) is 0 Å². The predicted molar refractivity (Wildman–Crippen MR) is 121 cm³/mol. The Balaban J connectivity index is 1.34. The van der Waals surface area contributed by atoms with Crippen LogP contribution in [0.4, 0.5) is 0 Å². The van der Waals surface area contributed by atoms with Crippen LogP contribution in [0.15, 0.2) is 0 Å². The second kappa shape index (κ2) is 8.30. The first-order chi connectivity index (χ1) is 14.5. The Labute approximate surface area is 192 Å². The van der Waals surface area contributed by atoms with Crippen LogP contribution in [0, 0.1) is 17.8 Å². The summed E-state index contributed by atoms with van der Waals surface area (Å²) in [6, 6.07) is 0. The normalized spacial score (nSPS) is 36.9. The largest absolute Gasteiger partial charge is 0.456 e. The third-order valence-corrected chi connectivity index (χ3v) is 14.1. The zero-order valence-electron chi connectivity index (χ0n) is 19.5. The molecule has 4 fully saturated rings. The Morgan fingerprint density at radius 1 is 1.26 bits per heavy atom. The van der Waals surface area contributed by atoms with E-state index < -0.39 is 13.7 Å². The first-order valence-electron chi connectivity index (χ1n) is 11.8. The number of hydrogen-bond acceptors (Lipinski definition) is 5. The van der Waals surface area contributed by atoms with Crippen LogP contribution in [0.3, 0.4) is 0 Å². The molecule has 0 aromatic rings. The van der Waals surface area contributed by atoms with Gasteiger partial charge >= 0.3 is 5.97 Å². The minimum absolute atomic E-state index is 0.0373. The Morgan fingerprint density at radius 2 is 1.94 bits per heavy atom. The molecular weight excluding hydrogens is 434 g/mol. The van der Waals surface area contributed by atoms with Crippen molar-refractivity contribution in [2.75, 3.05) is 13.0 Å². The standard InChI is InChI=1S/C23H38ClNO5Si/c1-22(2,3)31(4,5)13-28-12-25-20(26)14-10-15-17-19(29-18(15)16(24)11-14)23(30-21(17)27)8-6-7-9-23/h14-19H,6-13H2,1-5H3,(H,25,26). The van der Waals surface area contributed by atoms with Crippen molar-refractivity contribution in [2.24, 2.45) is 17.8 Å². The van der Waals surface area contributed by atoms with E-state index in [1.165, 1.54) is 0 Å². The molecule has 8 heteroatoms. The molecule has 2 saturated heterocycles.